The molecule has 222 valence electrons. The van der Waals surface area contributed by atoms with Gasteiger partial charge in [0.15, 0.2) is 0 Å². The molecule has 0 saturated carbocycles. The van der Waals surface area contributed by atoms with E-state index in [1.54, 1.807) is 39.8 Å². The van der Waals surface area contributed by atoms with Crippen molar-refractivity contribution in [3.05, 3.63) is 56.5 Å². The van der Waals surface area contributed by atoms with Gasteiger partial charge in [0.05, 0.1) is 0 Å². The van der Waals surface area contributed by atoms with Gasteiger partial charge in [0.2, 0.25) is 11.8 Å². The van der Waals surface area contributed by atoms with Crippen molar-refractivity contribution >= 4 is 55.5 Å². The molecule has 0 aromatic heterocycles. The van der Waals surface area contributed by atoms with Crippen molar-refractivity contribution in [2.45, 2.75) is 71.2 Å². The molecule has 0 spiro atoms. The van der Waals surface area contributed by atoms with Crippen molar-refractivity contribution in [2.75, 3.05) is 13.1 Å². The van der Waals surface area contributed by atoms with Gasteiger partial charge in [-0.25, -0.2) is 4.79 Å². The summed E-state index contributed by atoms with van der Waals surface area (Å²) in [7, 11) is 0. The molecule has 11 nitrogen and oxygen atoms in total. The van der Waals surface area contributed by atoms with Gasteiger partial charge in [-0.05, 0) is 108 Å². The Morgan fingerprint density at radius 1 is 1.00 bits per heavy atom. The van der Waals surface area contributed by atoms with Gasteiger partial charge in [-0.2, -0.15) is 0 Å². The molecule has 2 aromatic carbocycles. The molecule has 2 aromatic rings. The van der Waals surface area contributed by atoms with E-state index in [-0.39, 0.29) is 18.7 Å². The molecular formula is C28H36Br2N6O5. The molecule has 1 aliphatic heterocycles. The average molecular weight is 696 g/mol. The van der Waals surface area contributed by atoms with Gasteiger partial charge < -0.3 is 25.8 Å². The molecule has 1 fully saturated rings. The maximum absolute atomic E-state index is 13.1. The van der Waals surface area contributed by atoms with E-state index in [2.05, 4.69) is 58.1 Å². The highest BCUT2D eigenvalue weighted by Gasteiger charge is 2.27. The maximum Gasteiger partial charge on any atom is 0.408 e. The summed E-state index contributed by atoms with van der Waals surface area (Å²) in [4.78, 5) is 38.4. The number of phenols is 1. The van der Waals surface area contributed by atoms with Gasteiger partial charge in [0.1, 0.15) is 29.1 Å². The summed E-state index contributed by atoms with van der Waals surface area (Å²) in [5, 5.41) is 28.2. The van der Waals surface area contributed by atoms with Crippen LogP contribution in [0.1, 0.15) is 51.7 Å². The Morgan fingerprint density at radius 3 is 2.20 bits per heavy atom. The van der Waals surface area contributed by atoms with Gasteiger partial charge in [0.25, 0.3) is 0 Å². The Morgan fingerprint density at radius 2 is 1.61 bits per heavy atom. The number of hydrogen-bond donors (Lipinski definition) is 4. The van der Waals surface area contributed by atoms with Crippen molar-refractivity contribution in [3.63, 3.8) is 0 Å². The molecule has 4 N–H and O–H groups in total. The maximum atomic E-state index is 13.1. The van der Waals surface area contributed by atoms with Crippen LogP contribution in [0.3, 0.4) is 0 Å². The fourth-order valence-corrected chi connectivity index (χ4v) is 5.40. The number of rotatable bonds is 10. The zero-order valence-corrected chi connectivity index (χ0v) is 26.7. The van der Waals surface area contributed by atoms with E-state index >= 15 is 0 Å². The standard InChI is InChI=1S/C28H36Br2N6O5/c1-17(25(38)31-16-19-13-21(29)24(22(30)14-19)34-35-36-11-5-6-12-36)32-26(39)23(33-27(40)41-28(2,3)4)15-18-7-9-20(37)10-8-18/h7-10,13-14,17,23,37H,5-6,11-12,15-16H2,1-4H3,(H,31,38)(H,32,39)(H,33,40)/t17-,23+/m0/s1. The quantitative estimate of drug-likeness (QED) is 0.250. The Kier molecular flexibility index (Phi) is 11.5. The number of ether oxygens (including phenoxy) is 1. The number of alkyl carbamates (subject to hydrolysis) is 1. The van der Waals surface area contributed by atoms with Crippen molar-refractivity contribution in [1.82, 2.24) is 21.0 Å². The predicted octanol–water partition coefficient (Wildman–Crippen LogP) is 5.27. The molecule has 41 heavy (non-hydrogen) atoms. The van der Waals surface area contributed by atoms with Crippen LogP contribution >= 0.6 is 31.9 Å². The van der Waals surface area contributed by atoms with Crippen LogP contribution in [0.4, 0.5) is 10.5 Å². The molecule has 1 aliphatic rings. The lowest BCUT2D eigenvalue weighted by Crippen LogP contribution is -2.54. The number of hydrogen-bond acceptors (Lipinski definition) is 7. The number of nitrogens with zero attached hydrogens (tertiary/aromatic N) is 3. The Labute approximate surface area is 256 Å². The van der Waals surface area contributed by atoms with Crippen LogP contribution in [-0.2, 0) is 27.3 Å². The summed E-state index contributed by atoms with van der Waals surface area (Å²) >= 11 is 7.06. The normalized spacial score (nSPS) is 14.9. The molecule has 13 heteroatoms. The fourth-order valence-electron chi connectivity index (χ4n) is 3.96. The monoisotopic (exact) mass is 694 g/mol. The third-order valence-electron chi connectivity index (χ3n) is 6.03. The van der Waals surface area contributed by atoms with E-state index < -0.39 is 35.6 Å². The van der Waals surface area contributed by atoms with Crippen molar-refractivity contribution < 1.29 is 24.2 Å². The summed E-state index contributed by atoms with van der Waals surface area (Å²) in [5.74, 6) is -0.867. The van der Waals surface area contributed by atoms with Crippen LogP contribution in [0.25, 0.3) is 0 Å². The van der Waals surface area contributed by atoms with E-state index in [1.807, 2.05) is 17.1 Å². The van der Waals surface area contributed by atoms with E-state index in [4.69, 9.17) is 4.74 Å². The van der Waals surface area contributed by atoms with Crippen LogP contribution in [0.5, 0.6) is 5.75 Å². The van der Waals surface area contributed by atoms with Gasteiger partial charge >= 0.3 is 6.09 Å². The minimum atomic E-state index is -1.01. The highest BCUT2D eigenvalue weighted by atomic mass is 79.9. The molecule has 3 amide bonds. The third kappa shape index (κ3) is 10.6. The summed E-state index contributed by atoms with van der Waals surface area (Å²) in [6.07, 6.45) is 1.59. The Hall–Kier alpha value is -3.19. The number of carbonyl (C=O) groups is 3. The van der Waals surface area contributed by atoms with Gasteiger partial charge in [-0.3, -0.25) is 14.6 Å². The number of phenolic OH excluding ortho intramolecular Hbond substituents is 1. The minimum absolute atomic E-state index is 0.0836. The first-order valence-corrected chi connectivity index (χ1v) is 14.9. The molecule has 2 atom stereocenters. The lowest BCUT2D eigenvalue weighted by atomic mass is 10.0. The molecule has 0 bridgehead atoms. The van der Waals surface area contributed by atoms with Gasteiger partial charge in [0, 0.05) is 35.0 Å². The second kappa shape index (κ2) is 14.6. The number of halogens is 2. The van der Waals surface area contributed by atoms with E-state index in [1.165, 1.54) is 12.1 Å². The van der Waals surface area contributed by atoms with Gasteiger partial charge in [-0.15, -0.1) is 5.11 Å². The number of nitrogens with one attached hydrogen (secondary N) is 3. The predicted molar refractivity (Wildman–Crippen MR) is 162 cm³/mol. The highest BCUT2D eigenvalue weighted by Crippen LogP contribution is 2.35. The third-order valence-corrected chi connectivity index (χ3v) is 7.24. The molecule has 0 radical (unpaired) electrons. The molecular weight excluding hydrogens is 660 g/mol. The summed E-state index contributed by atoms with van der Waals surface area (Å²) in [5.41, 5.74) is 1.42. The first-order chi connectivity index (χ1) is 19.3. The zero-order chi connectivity index (χ0) is 30.2. The summed E-state index contributed by atoms with van der Waals surface area (Å²) in [6, 6.07) is 8.09. The molecule has 1 heterocycles. The van der Waals surface area contributed by atoms with Crippen LogP contribution in [0.2, 0.25) is 0 Å². The van der Waals surface area contributed by atoms with E-state index in [0.717, 1.165) is 40.4 Å². The van der Waals surface area contributed by atoms with Crippen molar-refractivity contribution in [3.8, 4) is 5.75 Å². The minimum Gasteiger partial charge on any atom is -0.508 e. The number of amides is 3. The molecule has 1 saturated heterocycles. The largest absolute Gasteiger partial charge is 0.508 e. The lowest BCUT2D eigenvalue weighted by molar-refractivity contribution is -0.129. The molecule has 0 unspecified atom stereocenters. The first kappa shape index (κ1) is 32.3. The molecule has 3 rings (SSSR count). The van der Waals surface area contributed by atoms with Gasteiger partial charge in [-0.1, -0.05) is 17.4 Å². The van der Waals surface area contributed by atoms with Crippen molar-refractivity contribution in [2.24, 2.45) is 10.3 Å². The van der Waals surface area contributed by atoms with E-state index in [9.17, 15) is 19.5 Å². The van der Waals surface area contributed by atoms with Crippen LogP contribution in [0.15, 0.2) is 55.7 Å². The second-order valence-electron chi connectivity index (χ2n) is 10.8. The smallest absolute Gasteiger partial charge is 0.408 e. The SMILES string of the molecule is C[C@H](NC(=O)[C@@H](Cc1ccc(O)cc1)NC(=O)OC(C)(C)C)C(=O)NCc1cc(Br)c(N=NN2CCCC2)c(Br)c1. The Balaban J connectivity index is 1.60. The second-order valence-corrected chi connectivity index (χ2v) is 12.5. The van der Waals surface area contributed by atoms with Crippen LogP contribution in [-0.4, -0.2) is 58.8 Å². The number of benzene rings is 2. The zero-order valence-electron chi connectivity index (χ0n) is 23.5. The topological polar surface area (TPSA) is 145 Å². The fraction of sp³-hybridized carbons (Fsp3) is 0.464. The number of aromatic hydroxyl groups is 1. The summed E-state index contributed by atoms with van der Waals surface area (Å²) < 4.78 is 6.77. The van der Waals surface area contributed by atoms with Crippen LogP contribution in [0, 0.1) is 0 Å². The lowest BCUT2D eigenvalue weighted by Gasteiger charge is -2.24. The Bertz CT molecular complexity index is 1240. The first-order valence-electron chi connectivity index (χ1n) is 13.3. The number of carbonyl (C=O) groups excluding carboxylic acids is 3. The highest BCUT2D eigenvalue weighted by molar-refractivity contribution is 9.11. The van der Waals surface area contributed by atoms with Crippen LogP contribution < -0.4 is 16.0 Å². The van der Waals surface area contributed by atoms with Crippen molar-refractivity contribution in [1.29, 1.82) is 0 Å². The average Bonchev–Trinajstić information content (AvgIpc) is 3.40. The molecule has 0 aliphatic carbocycles. The summed E-state index contributed by atoms with van der Waals surface area (Å²) in [6.45, 7) is 8.73. The van der Waals surface area contributed by atoms with E-state index in [0.29, 0.717) is 11.3 Å².